The third-order valence-corrected chi connectivity index (χ3v) is 10.4. The van der Waals surface area contributed by atoms with Crippen molar-refractivity contribution in [2.75, 3.05) is 25.4 Å². The molecule has 0 aromatic carbocycles. The SMILES string of the molecule is CC(C)P(CC[N-]CCP(C(C)C)C(C)C)C(C)C.[Cl][Ru+]. The van der Waals surface area contributed by atoms with Crippen LogP contribution in [-0.4, -0.2) is 48.0 Å². The molecule has 0 aliphatic rings. The van der Waals surface area contributed by atoms with Crippen LogP contribution in [0.1, 0.15) is 55.4 Å². The molecule has 0 unspecified atom stereocenters. The Morgan fingerprint density at radius 3 is 1.10 bits per heavy atom. The minimum absolute atomic E-state index is 0.176. The van der Waals surface area contributed by atoms with Crippen molar-refractivity contribution >= 4 is 25.5 Å². The van der Waals surface area contributed by atoms with Crippen LogP contribution in [0.4, 0.5) is 0 Å². The van der Waals surface area contributed by atoms with Gasteiger partial charge in [0, 0.05) is 0 Å². The second kappa shape index (κ2) is 15.3. The van der Waals surface area contributed by atoms with Crippen LogP contribution in [0.25, 0.3) is 5.32 Å². The fourth-order valence-electron chi connectivity index (χ4n) is 2.71. The van der Waals surface area contributed by atoms with Gasteiger partial charge in [-0.15, -0.1) is 28.9 Å². The van der Waals surface area contributed by atoms with E-state index in [2.05, 4.69) is 65.1 Å². The summed E-state index contributed by atoms with van der Waals surface area (Å²) < 4.78 is 0. The predicted molar refractivity (Wildman–Crippen MR) is 103 cm³/mol. The van der Waals surface area contributed by atoms with Crippen LogP contribution in [0.5, 0.6) is 0 Å². The van der Waals surface area contributed by atoms with Crippen molar-refractivity contribution in [3.05, 3.63) is 5.32 Å². The molecule has 130 valence electrons. The van der Waals surface area contributed by atoms with E-state index in [0.29, 0.717) is 0 Å². The Hall–Kier alpha value is 1.73. The second-order valence-electron chi connectivity index (χ2n) is 6.52. The number of hydrogen-bond donors (Lipinski definition) is 0. The Morgan fingerprint density at radius 2 is 0.905 bits per heavy atom. The van der Waals surface area contributed by atoms with Crippen LogP contribution in [0.3, 0.4) is 0 Å². The molecule has 0 saturated heterocycles. The number of nitrogens with zero attached hydrogens (tertiary/aromatic N) is 1. The van der Waals surface area contributed by atoms with Crippen LogP contribution in [0, 0.1) is 0 Å². The zero-order valence-electron chi connectivity index (χ0n) is 15.2. The summed E-state index contributed by atoms with van der Waals surface area (Å²) in [6.45, 7) is 21.2. The molecule has 0 N–H and O–H groups in total. The molecule has 0 spiro atoms. The van der Waals surface area contributed by atoms with E-state index in [1.807, 2.05) is 17.3 Å². The third-order valence-electron chi connectivity index (χ3n) is 3.69. The van der Waals surface area contributed by atoms with E-state index in [9.17, 15) is 0 Å². The van der Waals surface area contributed by atoms with Crippen molar-refractivity contribution in [1.29, 1.82) is 0 Å². The molecule has 0 aromatic heterocycles. The molecular formula is C16H36ClNP2Ru. The van der Waals surface area contributed by atoms with Crippen molar-refractivity contribution in [3.63, 3.8) is 0 Å². The Morgan fingerprint density at radius 1 is 0.667 bits per heavy atom. The van der Waals surface area contributed by atoms with Gasteiger partial charge < -0.3 is 5.32 Å². The molecule has 21 heavy (non-hydrogen) atoms. The molecule has 0 rings (SSSR count). The van der Waals surface area contributed by atoms with Gasteiger partial charge in [0.2, 0.25) is 0 Å². The van der Waals surface area contributed by atoms with Crippen LogP contribution >= 0.6 is 25.5 Å². The first-order chi connectivity index (χ1) is 9.77. The standard InChI is InChI=1S/C16H36NP2.ClH.Ru/c1-13(2)18(14(3)4)11-9-17-10-12-19(15(5)6)16(7)8;;/h13-16H,9-12H2,1-8H3;1H;/q-1;;+2/p-1. The van der Waals surface area contributed by atoms with Gasteiger partial charge >= 0.3 is 27.0 Å². The van der Waals surface area contributed by atoms with E-state index in [1.54, 1.807) is 0 Å². The summed E-state index contributed by atoms with van der Waals surface area (Å²) in [6.07, 6.45) is 2.68. The van der Waals surface area contributed by atoms with E-state index in [4.69, 9.17) is 5.32 Å². The summed E-state index contributed by atoms with van der Waals surface area (Å²) in [5.74, 6) is 0. The van der Waals surface area contributed by atoms with Crippen LogP contribution < -0.4 is 0 Å². The van der Waals surface area contributed by atoms with Gasteiger partial charge in [0.25, 0.3) is 0 Å². The second-order valence-corrected chi connectivity index (χ2v) is 13.6. The summed E-state index contributed by atoms with van der Waals surface area (Å²) in [6, 6.07) is 0. The first-order valence-electron chi connectivity index (χ1n) is 8.05. The maximum absolute atomic E-state index is 4.81. The molecular weight excluding hydrogens is 405 g/mol. The van der Waals surface area contributed by atoms with Gasteiger partial charge in [-0.05, 0) is 22.6 Å². The number of hydrogen-bond acceptors (Lipinski definition) is 0. The Labute approximate surface area is 151 Å². The van der Waals surface area contributed by atoms with Gasteiger partial charge in [-0.1, -0.05) is 67.7 Å². The fraction of sp³-hybridized carbons (Fsp3) is 1.00. The Balaban J connectivity index is 0. The van der Waals surface area contributed by atoms with Crippen molar-refractivity contribution in [2.24, 2.45) is 0 Å². The van der Waals surface area contributed by atoms with E-state index in [1.165, 1.54) is 12.3 Å². The first kappa shape index (κ1) is 25.0. The first-order valence-corrected chi connectivity index (χ1v) is 13.6. The molecule has 5 heteroatoms. The van der Waals surface area contributed by atoms with Crippen LogP contribution in [0.2, 0.25) is 0 Å². The molecule has 0 amide bonds. The predicted octanol–water partition coefficient (Wildman–Crippen LogP) is 6.64. The average molecular weight is 441 g/mol. The molecule has 1 nitrogen and oxygen atoms in total. The van der Waals surface area contributed by atoms with E-state index >= 15 is 0 Å². The van der Waals surface area contributed by atoms with Crippen molar-refractivity contribution in [1.82, 2.24) is 0 Å². The van der Waals surface area contributed by atoms with Gasteiger partial charge in [0.15, 0.2) is 0 Å². The molecule has 0 heterocycles. The fourth-order valence-corrected chi connectivity index (χ4v) is 7.90. The summed E-state index contributed by atoms with van der Waals surface area (Å²) in [7, 11) is 4.92. The molecule has 0 aliphatic heterocycles. The molecule has 0 radical (unpaired) electrons. The average Bonchev–Trinajstić information content (AvgIpc) is 2.38. The maximum atomic E-state index is 4.81. The van der Waals surface area contributed by atoms with Crippen molar-refractivity contribution < 1.29 is 17.3 Å². The van der Waals surface area contributed by atoms with Gasteiger partial charge in [-0.2, -0.15) is 0 Å². The molecule has 0 atom stereocenters. The summed E-state index contributed by atoms with van der Waals surface area (Å²) in [5.41, 5.74) is 3.42. The van der Waals surface area contributed by atoms with Gasteiger partial charge in [0.05, 0.1) is 0 Å². The van der Waals surface area contributed by atoms with E-state index < -0.39 is 0 Å². The molecule has 0 aliphatic carbocycles. The van der Waals surface area contributed by atoms with E-state index in [-0.39, 0.29) is 15.8 Å². The summed E-state index contributed by atoms with van der Waals surface area (Å²) in [4.78, 5) is 0. The number of rotatable bonds is 10. The number of halogens is 1. The Kier molecular flexibility index (Phi) is 18.2. The molecule has 0 fully saturated rings. The van der Waals surface area contributed by atoms with Crippen molar-refractivity contribution in [2.45, 2.75) is 78.0 Å². The monoisotopic (exact) mass is 441 g/mol. The Bertz CT molecular complexity index is 188. The summed E-state index contributed by atoms with van der Waals surface area (Å²) in [5, 5.41) is 4.81. The van der Waals surface area contributed by atoms with E-state index in [0.717, 1.165) is 35.7 Å². The van der Waals surface area contributed by atoms with Crippen LogP contribution in [0.15, 0.2) is 0 Å². The van der Waals surface area contributed by atoms with Gasteiger partial charge in [0.1, 0.15) is 0 Å². The van der Waals surface area contributed by atoms with Crippen LogP contribution in [-0.2, 0) is 17.3 Å². The minimum atomic E-state index is 0.176. The zero-order valence-corrected chi connectivity index (χ0v) is 19.5. The topological polar surface area (TPSA) is 14.1 Å². The molecule has 0 aromatic rings. The zero-order chi connectivity index (χ0) is 17.0. The van der Waals surface area contributed by atoms with Crippen molar-refractivity contribution in [3.8, 4) is 0 Å². The van der Waals surface area contributed by atoms with Gasteiger partial charge in [-0.3, -0.25) is 0 Å². The third kappa shape index (κ3) is 12.8. The normalized spacial score (nSPS) is 12.0. The molecule has 0 bridgehead atoms. The molecule has 0 saturated carbocycles. The quantitative estimate of drug-likeness (QED) is 0.205. The van der Waals surface area contributed by atoms with Gasteiger partial charge in [-0.25, -0.2) is 0 Å². The summed E-state index contributed by atoms with van der Waals surface area (Å²) >= 11 is 1.82.